The second kappa shape index (κ2) is 9.17. The lowest BCUT2D eigenvalue weighted by atomic mass is 9.96. The maximum atomic E-state index is 12.2. The Hall–Kier alpha value is -2.74. The van der Waals surface area contributed by atoms with Crippen LogP contribution in [-0.2, 0) is 16.6 Å². The maximum absolute atomic E-state index is 12.2. The summed E-state index contributed by atoms with van der Waals surface area (Å²) < 4.78 is 10.7. The number of aryl methyl sites for hydroxylation is 1. The van der Waals surface area contributed by atoms with Gasteiger partial charge in [0.1, 0.15) is 5.75 Å². The van der Waals surface area contributed by atoms with Crippen molar-refractivity contribution in [1.29, 1.82) is 0 Å². The lowest BCUT2D eigenvalue weighted by molar-refractivity contribution is -0.116. The third-order valence-corrected chi connectivity index (χ3v) is 4.90. The fourth-order valence-corrected chi connectivity index (χ4v) is 3.33. The molecule has 0 aliphatic heterocycles. The summed E-state index contributed by atoms with van der Waals surface area (Å²) in [6, 6.07) is 7.75. The van der Waals surface area contributed by atoms with Crippen LogP contribution in [0.3, 0.4) is 0 Å². The van der Waals surface area contributed by atoms with Crippen LogP contribution in [-0.4, -0.2) is 27.6 Å². The van der Waals surface area contributed by atoms with Gasteiger partial charge in [0.25, 0.3) is 0 Å². The summed E-state index contributed by atoms with van der Waals surface area (Å²) in [5.41, 5.74) is 1.66. The molecule has 0 aliphatic rings. The van der Waals surface area contributed by atoms with Gasteiger partial charge in [0, 0.05) is 29.2 Å². The number of thiazole rings is 1. The van der Waals surface area contributed by atoms with Gasteiger partial charge in [-0.3, -0.25) is 4.79 Å². The van der Waals surface area contributed by atoms with Gasteiger partial charge in [-0.2, -0.15) is 4.98 Å². The molecular weight excluding hydrogens is 388 g/mol. The third kappa shape index (κ3) is 5.87. The number of hydrogen-bond acceptors (Lipinski definition) is 7. The molecule has 3 rings (SSSR count). The average Bonchev–Trinajstić information content (AvgIpc) is 3.32. The highest BCUT2D eigenvalue weighted by atomic mass is 32.1. The Labute approximate surface area is 174 Å². The van der Waals surface area contributed by atoms with Gasteiger partial charge < -0.3 is 14.6 Å². The molecule has 8 heteroatoms. The number of carbonyl (C=O) groups is 1. The maximum Gasteiger partial charge on any atom is 0.226 e. The molecule has 0 unspecified atom stereocenters. The van der Waals surface area contributed by atoms with Crippen molar-refractivity contribution in [3.05, 3.63) is 41.4 Å². The van der Waals surface area contributed by atoms with Gasteiger partial charge in [-0.1, -0.05) is 25.9 Å². The summed E-state index contributed by atoms with van der Waals surface area (Å²) in [5.74, 6) is 2.00. The number of nitrogens with zero attached hydrogens (tertiary/aromatic N) is 3. The Bertz CT molecular complexity index is 941. The van der Waals surface area contributed by atoms with Crippen LogP contribution in [0, 0.1) is 0 Å². The Balaban J connectivity index is 1.48. The first kappa shape index (κ1) is 21.0. The predicted octanol–water partition coefficient (Wildman–Crippen LogP) is 4.85. The topological polar surface area (TPSA) is 90.1 Å². The summed E-state index contributed by atoms with van der Waals surface area (Å²) in [4.78, 5) is 21.1. The van der Waals surface area contributed by atoms with Crippen LogP contribution in [0.4, 0.5) is 5.13 Å². The van der Waals surface area contributed by atoms with Crippen LogP contribution >= 0.6 is 11.3 Å². The van der Waals surface area contributed by atoms with Crippen molar-refractivity contribution in [1.82, 2.24) is 15.1 Å². The zero-order valence-electron chi connectivity index (χ0n) is 17.2. The minimum Gasteiger partial charge on any atom is -0.494 e. The molecule has 0 radical (unpaired) electrons. The first-order chi connectivity index (χ1) is 13.8. The summed E-state index contributed by atoms with van der Waals surface area (Å²) in [6.07, 6.45) is 1.58. The van der Waals surface area contributed by atoms with Crippen molar-refractivity contribution in [2.75, 3.05) is 11.9 Å². The summed E-state index contributed by atoms with van der Waals surface area (Å²) in [6.45, 7) is 8.69. The standard InChI is InChI=1S/C21H26N4O3S/c1-5-27-15-11-9-14(10-12-15)16-13-29-20(22-16)23-17(26)7-6-8-18-24-19(25-28-18)21(2,3)4/h9-13H,5-8H2,1-4H3,(H,22,23,26). The lowest BCUT2D eigenvalue weighted by Crippen LogP contribution is -2.13. The molecule has 0 atom stereocenters. The van der Waals surface area contributed by atoms with Crippen LogP contribution in [0.5, 0.6) is 5.75 Å². The van der Waals surface area contributed by atoms with E-state index in [1.807, 2.05) is 57.3 Å². The average molecular weight is 415 g/mol. The molecule has 0 aliphatic carbocycles. The molecule has 29 heavy (non-hydrogen) atoms. The molecule has 0 saturated carbocycles. The van der Waals surface area contributed by atoms with Crippen molar-refractivity contribution < 1.29 is 14.1 Å². The van der Waals surface area contributed by atoms with Crippen LogP contribution in [0.1, 0.15) is 52.3 Å². The van der Waals surface area contributed by atoms with Crippen molar-refractivity contribution in [3.63, 3.8) is 0 Å². The first-order valence-corrected chi connectivity index (χ1v) is 10.5. The Morgan fingerprint density at radius 1 is 1.21 bits per heavy atom. The van der Waals surface area contributed by atoms with E-state index in [4.69, 9.17) is 9.26 Å². The number of amides is 1. The number of aromatic nitrogens is 3. The first-order valence-electron chi connectivity index (χ1n) is 9.67. The zero-order chi connectivity index (χ0) is 20.9. The molecule has 0 bridgehead atoms. The summed E-state index contributed by atoms with van der Waals surface area (Å²) >= 11 is 1.41. The molecule has 3 aromatic rings. The number of ether oxygens (including phenoxy) is 1. The number of hydrogen-bond donors (Lipinski definition) is 1. The van der Waals surface area contributed by atoms with Gasteiger partial charge in [-0.15, -0.1) is 11.3 Å². The summed E-state index contributed by atoms with van der Waals surface area (Å²) in [7, 11) is 0. The molecule has 0 spiro atoms. The number of nitrogens with one attached hydrogen (secondary N) is 1. The minimum atomic E-state index is -0.148. The molecule has 2 heterocycles. The molecule has 0 fully saturated rings. The van der Waals surface area contributed by atoms with Gasteiger partial charge in [0.2, 0.25) is 11.8 Å². The molecule has 1 aromatic carbocycles. The van der Waals surface area contributed by atoms with Gasteiger partial charge in [-0.25, -0.2) is 4.98 Å². The van der Waals surface area contributed by atoms with Crippen LogP contribution in [0.15, 0.2) is 34.2 Å². The normalized spacial score (nSPS) is 11.4. The van der Waals surface area contributed by atoms with E-state index in [9.17, 15) is 4.79 Å². The predicted molar refractivity (Wildman–Crippen MR) is 113 cm³/mol. The van der Waals surface area contributed by atoms with E-state index < -0.39 is 0 Å². The highest BCUT2D eigenvalue weighted by Gasteiger charge is 2.20. The van der Waals surface area contributed by atoms with E-state index in [2.05, 4.69) is 20.4 Å². The monoisotopic (exact) mass is 414 g/mol. The van der Waals surface area contributed by atoms with E-state index in [0.717, 1.165) is 17.0 Å². The fourth-order valence-electron chi connectivity index (χ4n) is 2.60. The van der Waals surface area contributed by atoms with Crippen molar-refractivity contribution in [3.8, 4) is 17.0 Å². The number of rotatable bonds is 8. The Morgan fingerprint density at radius 2 is 1.97 bits per heavy atom. The van der Waals surface area contributed by atoms with Crippen LogP contribution < -0.4 is 10.1 Å². The van der Waals surface area contributed by atoms with Gasteiger partial charge in [0.15, 0.2) is 11.0 Å². The van der Waals surface area contributed by atoms with E-state index in [1.54, 1.807) is 0 Å². The Kier molecular flexibility index (Phi) is 6.64. The van der Waals surface area contributed by atoms with E-state index in [-0.39, 0.29) is 11.3 Å². The second-order valence-electron chi connectivity index (χ2n) is 7.66. The SMILES string of the molecule is CCOc1ccc(-c2csc(NC(=O)CCCc3nc(C(C)(C)C)no3)n2)cc1. The van der Waals surface area contributed by atoms with E-state index in [1.165, 1.54) is 11.3 Å². The lowest BCUT2D eigenvalue weighted by Gasteiger charge is -2.10. The van der Waals surface area contributed by atoms with Crippen molar-refractivity contribution in [2.45, 2.75) is 52.4 Å². The minimum absolute atomic E-state index is 0.0758. The third-order valence-electron chi connectivity index (χ3n) is 4.15. The van der Waals surface area contributed by atoms with E-state index >= 15 is 0 Å². The highest BCUT2D eigenvalue weighted by Crippen LogP contribution is 2.26. The molecule has 1 N–H and O–H groups in total. The van der Waals surface area contributed by atoms with Gasteiger partial charge in [-0.05, 0) is 37.6 Å². The van der Waals surface area contributed by atoms with Gasteiger partial charge in [0.05, 0.1) is 12.3 Å². The molecular formula is C21H26N4O3S. The van der Waals surface area contributed by atoms with Gasteiger partial charge >= 0.3 is 0 Å². The van der Waals surface area contributed by atoms with Crippen LogP contribution in [0.25, 0.3) is 11.3 Å². The Morgan fingerprint density at radius 3 is 2.62 bits per heavy atom. The second-order valence-corrected chi connectivity index (χ2v) is 8.52. The fraction of sp³-hybridized carbons (Fsp3) is 0.429. The molecule has 154 valence electrons. The van der Waals surface area contributed by atoms with Crippen LogP contribution in [0.2, 0.25) is 0 Å². The number of anilines is 1. The molecule has 7 nitrogen and oxygen atoms in total. The molecule has 0 saturated heterocycles. The quantitative estimate of drug-likeness (QED) is 0.567. The molecule has 2 aromatic heterocycles. The largest absolute Gasteiger partial charge is 0.494 e. The number of carbonyl (C=O) groups excluding carboxylic acids is 1. The summed E-state index contributed by atoms with van der Waals surface area (Å²) in [5, 5.41) is 9.37. The zero-order valence-corrected chi connectivity index (χ0v) is 18.0. The van der Waals surface area contributed by atoms with Crippen molar-refractivity contribution >= 4 is 22.4 Å². The van der Waals surface area contributed by atoms with Crippen molar-refractivity contribution in [2.24, 2.45) is 0 Å². The molecule has 1 amide bonds. The highest BCUT2D eigenvalue weighted by molar-refractivity contribution is 7.14. The smallest absolute Gasteiger partial charge is 0.226 e. The number of benzene rings is 1. The van der Waals surface area contributed by atoms with E-state index in [0.29, 0.717) is 42.7 Å².